The maximum atomic E-state index is 12.8. The van der Waals surface area contributed by atoms with E-state index in [4.69, 9.17) is 0 Å². The zero-order valence-corrected chi connectivity index (χ0v) is 15.5. The molecule has 3 rings (SSSR count). The maximum Gasteiger partial charge on any atom is 0.421 e. The van der Waals surface area contributed by atoms with Crippen molar-refractivity contribution in [1.82, 2.24) is 19.6 Å². The van der Waals surface area contributed by atoms with Gasteiger partial charge in [0, 0.05) is 20.5 Å². The van der Waals surface area contributed by atoms with E-state index in [0.717, 1.165) is 35.6 Å². The van der Waals surface area contributed by atoms with E-state index in [1.807, 2.05) is 9.26 Å². The van der Waals surface area contributed by atoms with Crippen molar-refractivity contribution in [2.75, 3.05) is 20.6 Å². The van der Waals surface area contributed by atoms with Crippen molar-refractivity contribution < 1.29 is 14.2 Å². The quantitative estimate of drug-likeness (QED) is 0.762. The van der Waals surface area contributed by atoms with E-state index in [-0.39, 0.29) is 11.9 Å². The number of likely N-dealkylation sites (N-methyl/N-ethyl adjacent to an activating group) is 2. The number of aliphatic imine (C=N–C) groups is 1. The molecule has 134 valence electrons. The molecular weight excluding hydrogens is 320 g/mol. The first kappa shape index (κ1) is 17.3. The molecule has 0 spiro atoms. The van der Waals surface area contributed by atoms with Gasteiger partial charge < -0.3 is 0 Å². The molecule has 8 heteroatoms. The summed E-state index contributed by atoms with van der Waals surface area (Å²) >= 11 is 0. The van der Waals surface area contributed by atoms with Crippen molar-refractivity contribution in [3.05, 3.63) is 17.5 Å². The van der Waals surface area contributed by atoms with Crippen LogP contribution >= 0.6 is 0 Å². The number of imide groups is 1. The molecule has 1 aromatic heterocycles. The second kappa shape index (κ2) is 6.42. The molecule has 2 aliphatic rings. The second-order valence-corrected chi connectivity index (χ2v) is 6.35. The normalized spacial score (nSPS) is 20.5. The van der Waals surface area contributed by atoms with Gasteiger partial charge in [-0.3, -0.25) is 14.6 Å². The van der Waals surface area contributed by atoms with Gasteiger partial charge in [0.25, 0.3) is 5.91 Å². The molecule has 1 saturated heterocycles. The number of urea groups is 1. The lowest BCUT2D eigenvalue weighted by Crippen LogP contribution is -2.61. The van der Waals surface area contributed by atoms with Crippen LogP contribution in [0.25, 0.3) is 0 Å². The molecule has 0 aliphatic carbocycles. The summed E-state index contributed by atoms with van der Waals surface area (Å²) in [5, 5.41) is 4.66. The first-order chi connectivity index (χ1) is 11.9. The minimum atomic E-state index is -0.568. The Morgan fingerprint density at radius 2 is 1.84 bits per heavy atom. The highest BCUT2D eigenvalue weighted by molar-refractivity contribution is 6.22. The summed E-state index contributed by atoms with van der Waals surface area (Å²) in [6, 6.07) is 1.15. The lowest BCUT2D eigenvalue weighted by Gasteiger charge is -2.31. The van der Waals surface area contributed by atoms with Crippen LogP contribution in [0.4, 0.5) is 4.79 Å². The Morgan fingerprint density at radius 3 is 2.44 bits per heavy atom. The highest BCUT2D eigenvalue weighted by atomic mass is 16.2. The van der Waals surface area contributed by atoms with Crippen LogP contribution in [0.3, 0.4) is 0 Å². The van der Waals surface area contributed by atoms with Crippen LogP contribution < -0.4 is 0 Å². The number of hydrogen-bond acceptors (Lipinski definition) is 4. The van der Waals surface area contributed by atoms with Crippen molar-refractivity contribution >= 4 is 23.7 Å². The molecule has 1 aromatic rings. The molecule has 0 bridgehead atoms. The number of carbonyl (C=O) groups is 2. The third kappa shape index (κ3) is 2.56. The summed E-state index contributed by atoms with van der Waals surface area (Å²) in [6.45, 7) is 6.86. The molecule has 1 unspecified atom stereocenters. The largest absolute Gasteiger partial charge is 0.421 e. The minimum Gasteiger partial charge on any atom is -0.270 e. The number of rotatable bonds is 4. The van der Waals surface area contributed by atoms with Crippen LogP contribution in [0.15, 0.2) is 11.1 Å². The molecule has 0 aromatic carbocycles. The molecule has 3 amide bonds. The molecule has 25 heavy (non-hydrogen) atoms. The average molecular weight is 345 g/mol. The molecule has 0 radical (unpaired) electrons. The van der Waals surface area contributed by atoms with E-state index >= 15 is 0 Å². The minimum absolute atomic E-state index is 0.244. The molecule has 2 aliphatic heterocycles. The molecule has 0 N–H and O–H groups in total. The van der Waals surface area contributed by atoms with Gasteiger partial charge in [-0.1, -0.05) is 25.8 Å². The average Bonchev–Trinajstić information content (AvgIpc) is 3.19. The summed E-state index contributed by atoms with van der Waals surface area (Å²) in [7, 11) is 3.17. The summed E-state index contributed by atoms with van der Waals surface area (Å²) in [5.74, 6) is 0.861. The van der Waals surface area contributed by atoms with Gasteiger partial charge in [-0.25, -0.2) is 9.37 Å². The number of nitrogens with zero attached hydrogens (tertiary/aromatic N) is 6. The predicted octanol–water partition coefficient (Wildman–Crippen LogP) is 0.939. The van der Waals surface area contributed by atoms with E-state index < -0.39 is 6.04 Å². The second-order valence-electron chi connectivity index (χ2n) is 6.35. The zero-order chi connectivity index (χ0) is 18.3. The molecule has 8 nitrogen and oxygen atoms in total. The summed E-state index contributed by atoms with van der Waals surface area (Å²) in [5.41, 5.74) is 2.04. The number of carbonyl (C=O) groups excluding carboxylic acids is 2. The van der Waals surface area contributed by atoms with Crippen molar-refractivity contribution in [3.8, 4) is 0 Å². The monoisotopic (exact) mass is 345 g/mol. The maximum absolute atomic E-state index is 12.8. The number of aromatic nitrogens is 2. The van der Waals surface area contributed by atoms with Gasteiger partial charge in [0.15, 0.2) is 0 Å². The van der Waals surface area contributed by atoms with Crippen LogP contribution in [0.2, 0.25) is 0 Å². The van der Waals surface area contributed by atoms with Crippen LogP contribution in [0.1, 0.15) is 38.6 Å². The third-order valence-electron chi connectivity index (χ3n) is 4.72. The first-order valence-corrected chi connectivity index (χ1v) is 8.80. The smallest absolute Gasteiger partial charge is 0.270 e. The van der Waals surface area contributed by atoms with Gasteiger partial charge in [0.2, 0.25) is 11.9 Å². The Balaban J connectivity index is 2.17. The van der Waals surface area contributed by atoms with Crippen LogP contribution in [0.5, 0.6) is 0 Å². The van der Waals surface area contributed by atoms with Crippen molar-refractivity contribution in [2.24, 2.45) is 4.99 Å². The molecule has 3 heterocycles. The zero-order valence-electron chi connectivity index (χ0n) is 15.5. The first-order valence-electron chi connectivity index (χ1n) is 8.80. The lowest BCUT2D eigenvalue weighted by molar-refractivity contribution is -0.537. The topological polar surface area (TPSA) is 73.8 Å². The van der Waals surface area contributed by atoms with Crippen molar-refractivity contribution in [3.63, 3.8) is 0 Å². The summed E-state index contributed by atoms with van der Waals surface area (Å²) in [4.78, 5) is 32.3. The lowest BCUT2D eigenvalue weighted by atomic mass is 10.1. The summed E-state index contributed by atoms with van der Waals surface area (Å²) in [6.07, 6.45) is 2.51. The number of hydrogen-bond donors (Lipinski definition) is 0. The number of amides is 3. The van der Waals surface area contributed by atoms with E-state index in [0.29, 0.717) is 18.3 Å². The molecule has 1 fully saturated rings. The molecular formula is C17H25N6O2+. The Hall–Kier alpha value is -2.51. The number of amidine groups is 1. The van der Waals surface area contributed by atoms with Gasteiger partial charge >= 0.3 is 12.0 Å². The Bertz CT molecular complexity index is 791. The van der Waals surface area contributed by atoms with Crippen molar-refractivity contribution in [1.29, 1.82) is 0 Å². The highest BCUT2D eigenvalue weighted by Crippen LogP contribution is 2.20. The SMILES string of the molecule is CCC[N+]1=C(n2nc(CC)cc2CC)N=C2C1C(=O)N(C)C(=O)N2C. The van der Waals surface area contributed by atoms with Gasteiger partial charge in [0.1, 0.15) is 5.69 Å². The van der Waals surface area contributed by atoms with E-state index in [9.17, 15) is 9.59 Å². The Kier molecular flexibility index (Phi) is 4.45. The van der Waals surface area contributed by atoms with Gasteiger partial charge in [0.05, 0.1) is 12.2 Å². The third-order valence-corrected chi connectivity index (χ3v) is 4.72. The van der Waals surface area contributed by atoms with E-state index in [1.54, 1.807) is 7.05 Å². The highest BCUT2D eigenvalue weighted by Gasteiger charge is 2.52. The number of aryl methyl sites for hydroxylation is 2. The van der Waals surface area contributed by atoms with Crippen LogP contribution in [-0.2, 0) is 17.6 Å². The number of fused-ring (bicyclic) bond motifs is 1. The molecule has 1 atom stereocenters. The molecule has 0 saturated carbocycles. The Labute approximate surface area is 147 Å². The van der Waals surface area contributed by atoms with E-state index in [2.05, 4.69) is 36.9 Å². The van der Waals surface area contributed by atoms with Gasteiger partial charge in [-0.05, 0) is 18.9 Å². The van der Waals surface area contributed by atoms with E-state index in [1.165, 1.54) is 11.9 Å². The fourth-order valence-electron chi connectivity index (χ4n) is 3.30. The fourth-order valence-corrected chi connectivity index (χ4v) is 3.30. The van der Waals surface area contributed by atoms with Crippen LogP contribution in [0, 0.1) is 0 Å². The van der Waals surface area contributed by atoms with Crippen molar-refractivity contribution in [2.45, 2.75) is 46.1 Å². The predicted molar refractivity (Wildman–Crippen MR) is 94.0 cm³/mol. The standard InChI is InChI=1S/C17H25N6O2/c1-6-9-22-13-14(20(4)17(25)21(5)15(13)24)18-16(22)23-12(8-3)10-11(7-2)19-23/h10,13H,6-9H2,1-5H3/q+1. The summed E-state index contributed by atoms with van der Waals surface area (Å²) < 4.78 is 3.79. The van der Waals surface area contributed by atoms with Gasteiger partial charge in [-0.15, -0.1) is 9.78 Å². The fraction of sp³-hybridized carbons (Fsp3) is 0.588. The van der Waals surface area contributed by atoms with Crippen LogP contribution in [-0.4, -0.2) is 74.6 Å². The Morgan fingerprint density at radius 1 is 1.12 bits per heavy atom. The van der Waals surface area contributed by atoms with Gasteiger partial charge in [-0.2, -0.15) is 0 Å².